The van der Waals surface area contributed by atoms with Crippen LogP contribution in [0.5, 0.6) is 5.88 Å². The number of ether oxygens (including phenoxy) is 3. The largest absolute Gasteiger partial charge is 0.468 e. The highest BCUT2D eigenvalue weighted by molar-refractivity contribution is 6.12. The normalized spacial score (nSPS) is 15.5. The molecule has 1 aliphatic heterocycles. The quantitative estimate of drug-likeness (QED) is 0.594. The highest BCUT2D eigenvalue weighted by Gasteiger charge is 2.61. The van der Waals surface area contributed by atoms with Gasteiger partial charge in [0.15, 0.2) is 0 Å². The number of carbonyl (C=O) groups excluding carboxylic acids is 2. The highest BCUT2D eigenvalue weighted by Crippen LogP contribution is 2.46. The standard InChI is InChI=1S/C14H16N4O5/c1-6(2)9-8-11(18-17-9)23-10(16)7(5-15)14(8,12(19)21-3)13(20)22-4/h6H,16H2,1-4H3,(H,17,18). The van der Waals surface area contributed by atoms with E-state index in [0.29, 0.717) is 5.69 Å². The Bertz CT molecular complexity index is 725. The third-order valence-corrected chi connectivity index (χ3v) is 3.64. The number of aromatic amines is 1. The molecule has 9 nitrogen and oxygen atoms in total. The molecule has 23 heavy (non-hydrogen) atoms. The van der Waals surface area contributed by atoms with Gasteiger partial charge in [-0.3, -0.25) is 14.7 Å². The summed E-state index contributed by atoms with van der Waals surface area (Å²) in [5.41, 5.74) is 3.66. The molecule has 0 radical (unpaired) electrons. The summed E-state index contributed by atoms with van der Waals surface area (Å²) >= 11 is 0. The van der Waals surface area contributed by atoms with E-state index in [-0.39, 0.29) is 17.4 Å². The minimum atomic E-state index is -2.18. The smallest absolute Gasteiger partial charge is 0.333 e. The number of nitrogens with one attached hydrogen (secondary N) is 1. The van der Waals surface area contributed by atoms with E-state index in [1.807, 2.05) is 13.8 Å². The van der Waals surface area contributed by atoms with E-state index in [2.05, 4.69) is 10.2 Å². The Labute approximate surface area is 132 Å². The molecule has 122 valence electrons. The number of methoxy groups -OCH3 is 2. The average Bonchev–Trinajstić information content (AvgIpc) is 2.95. The van der Waals surface area contributed by atoms with Crippen LogP contribution in [0.15, 0.2) is 11.5 Å². The van der Waals surface area contributed by atoms with E-state index in [1.54, 1.807) is 6.07 Å². The SMILES string of the molecule is COC(=O)C1(C(=O)OC)C(C#N)=C(N)Oc2n[nH]c(C(C)C)c21. The van der Waals surface area contributed by atoms with Crippen molar-refractivity contribution < 1.29 is 23.8 Å². The third kappa shape index (κ3) is 2.03. The fourth-order valence-corrected chi connectivity index (χ4v) is 2.59. The number of nitriles is 1. The monoisotopic (exact) mass is 320 g/mol. The van der Waals surface area contributed by atoms with Crippen LogP contribution in [-0.2, 0) is 24.5 Å². The number of H-pyrrole nitrogens is 1. The van der Waals surface area contributed by atoms with Crippen LogP contribution in [0.3, 0.4) is 0 Å². The van der Waals surface area contributed by atoms with Gasteiger partial charge in [-0.1, -0.05) is 13.8 Å². The molecule has 1 aliphatic rings. The number of nitrogens with zero attached hydrogens (tertiary/aromatic N) is 2. The van der Waals surface area contributed by atoms with Crippen molar-refractivity contribution in [1.82, 2.24) is 10.2 Å². The summed E-state index contributed by atoms with van der Waals surface area (Å²) in [4.78, 5) is 25.2. The van der Waals surface area contributed by atoms with E-state index in [4.69, 9.17) is 19.9 Å². The Morgan fingerprint density at radius 2 is 1.91 bits per heavy atom. The minimum Gasteiger partial charge on any atom is -0.468 e. The van der Waals surface area contributed by atoms with Crippen molar-refractivity contribution in [3.63, 3.8) is 0 Å². The molecule has 0 spiro atoms. The van der Waals surface area contributed by atoms with Gasteiger partial charge in [-0.15, -0.1) is 5.10 Å². The first-order valence-electron chi connectivity index (χ1n) is 6.69. The molecule has 0 aromatic carbocycles. The molecule has 0 saturated carbocycles. The number of aromatic nitrogens is 2. The zero-order chi connectivity index (χ0) is 17.4. The van der Waals surface area contributed by atoms with E-state index < -0.39 is 28.8 Å². The molecule has 1 aromatic rings. The van der Waals surface area contributed by atoms with Crippen LogP contribution >= 0.6 is 0 Å². The Kier molecular flexibility index (Phi) is 4.01. The molecular formula is C14H16N4O5. The molecule has 0 fully saturated rings. The Morgan fingerprint density at radius 1 is 1.35 bits per heavy atom. The molecule has 2 rings (SSSR count). The summed E-state index contributed by atoms with van der Waals surface area (Å²) in [6.45, 7) is 3.64. The fourth-order valence-electron chi connectivity index (χ4n) is 2.59. The number of fused-ring (bicyclic) bond motifs is 1. The predicted molar refractivity (Wildman–Crippen MR) is 75.8 cm³/mol. The molecule has 0 unspecified atom stereocenters. The van der Waals surface area contributed by atoms with Crippen molar-refractivity contribution in [2.75, 3.05) is 14.2 Å². The summed E-state index contributed by atoms with van der Waals surface area (Å²) in [6.07, 6.45) is 0. The highest BCUT2D eigenvalue weighted by atomic mass is 16.5. The number of hydrogen-bond donors (Lipinski definition) is 2. The van der Waals surface area contributed by atoms with Crippen LogP contribution < -0.4 is 10.5 Å². The summed E-state index contributed by atoms with van der Waals surface area (Å²) in [6, 6.07) is 1.76. The van der Waals surface area contributed by atoms with E-state index in [0.717, 1.165) is 14.2 Å². The second-order valence-corrected chi connectivity index (χ2v) is 5.16. The predicted octanol–water partition coefficient (Wildman–Crippen LogP) is 0.203. The van der Waals surface area contributed by atoms with Crippen molar-refractivity contribution in [2.45, 2.75) is 25.2 Å². The molecule has 0 aliphatic carbocycles. The lowest BCUT2D eigenvalue weighted by Crippen LogP contribution is -2.50. The number of nitrogens with two attached hydrogens (primary N) is 1. The van der Waals surface area contributed by atoms with Gasteiger partial charge in [-0.2, -0.15) is 5.26 Å². The van der Waals surface area contributed by atoms with Gasteiger partial charge in [0.2, 0.25) is 17.2 Å². The zero-order valence-electron chi connectivity index (χ0n) is 13.1. The van der Waals surface area contributed by atoms with E-state index in [1.165, 1.54) is 0 Å². The number of carbonyl (C=O) groups is 2. The van der Waals surface area contributed by atoms with Gasteiger partial charge in [0.05, 0.1) is 19.8 Å². The Hall–Kier alpha value is -3.02. The minimum absolute atomic E-state index is 0.0685. The van der Waals surface area contributed by atoms with Crippen LogP contribution in [-0.4, -0.2) is 36.4 Å². The van der Waals surface area contributed by atoms with Gasteiger partial charge in [0.25, 0.3) is 0 Å². The first-order valence-corrected chi connectivity index (χ1v) is 6.69. The molecular weight excluding hydrogens is 304 g/mol. The Morgan fingerprint density at radius 3 is 2.35 bits per heavy atom. The molecule has 0 saturated heterocycles. The lowest BCUT2D eigenvalue weighted by Gasteiger charge is -2.32. The maximum Gasteiger partial charge on any atom is 0.333 e. The van der Waals surface area contributed by atoms with Crippen molar-refractivity contribution >= 4 is 11.9 Å². The van der Waals surface area contributed by atoms with Gasteiger partial charge in [0, 0.05) is 5.69 Å². The molecule has 0 atom stereocenters. The maximum atomic E-state index is 12.6. The van der Waals surface area contributed by atoms with E-state index >= 15 is 0 Å². The van der Waals surface area contributed by atoms with Crippen molar-refractivity contribution in [3.8, 4) is 11.9 Å². The van der Waals surface area contributed by atoms with Gasteiger partial charge < -0.3 is 19.9 Å². The maximum absolute atomic E-state index is 12.6. The van der Waals surface area contributed by atoms with Crippen molar-refractivity contribution in [1.29, 1.82) is 5.26 Å². The molecule has 3 N–H and O–H groups in total. The van der Waals surface area contributed by atoms with Crippen LogP contribution in [0.4, 0.5) is 0 Å². The second kappa shape index (κ2) is 5.64. The fraction of sp³-hybridized carbons (Fsp3) is 0.429. The topological polar surface area (TPSA) is 140 Å². The third-order valence-electron chi connectivity index (χ3n) is 3.64. The summed E-state index contributed by atoms with van der Waals surface area (Å²) in [5.74, 6) is -2.63. The van der Waals surface area contributed by atoms with Crippen LogP contribution in [0, 0.1) is 11.3 Å². The lowest BCUT2D eigenvalue weighted by molar-refractivity contribution is -0.160. The van der Waals surface area contributed by atoms with Crippen molar-refractivity contribution in [3.05, 3.63) is 22.7 Å². The van der Waals surface area contributed by atoms with Gasteiger partial charge >= 0.3 is 11.9 Å². The van der Waals surface area contributed by atoms with Crippen LogP contribution in [0.25, 0.3) is 0 Å². The molecule has 0 amide bonds. The average molecular weight is 320 g/mol. The Balaban J connectivity index is 2.96. The molecule has 0 bridgehead atoms. The van der Waals surface area contributed by atoms with Gasteiger partial charge in [-0.25, -0.2) is 0 Å². The first-order chi connectivity index (χ1) is 10.9. The van der Waals surface area contributed by atoms with Crippen molar-refractivity contribution in [2.24, 2.45) is 5.73 Å². The van der Waals surface area contributed by atoms with Gasteiger partial charge in [0.1, 0.15) is 11.6 Å². The summed E-state index contributed by atoms with van der Waals surface area (Å²) in [7, 11) is 2.20. The van der Waals surface area contributed by atoms with Gasteiger partial charge in [-0.05, 0) is 5.92 Å². The molecule has 9 heteroatoms. The number of rotatable bonds is 3. The van der Waals surface area contributed by atoms with Crippen LogP contribution in [0.2, 0.25) is 0 Å². The summed E-state index contributed by atoms with van der Waals surface area (Å²) in [5, 5.41) is 16.1. The first kappa shape index (κ1) is 16.4. The molecule has 1 aromatic heterocycles. The van der Waals surface area contributed by atoms with E-state index in [9.17, 15) is 14.9 Å². The second-order valence-electron chi connectivity index (χ2n) is 5.16. The molecule has 2 heterocycles. The summed E-state index contributed by atoms with van der Waals surface area (Å²) < 4.78 is 14.8. The van der Waals surface area contributed by atoms with Crippen LogP contribution in [0.1, 0.15) is 31.0 Å². The lowest BCUT2D eigenvalue weighted by atomic mass is 9.72. The number of esters is 2. The number of hydrogen-bond acceptors (Lipinski definition) is 8. The zero-order valence-corrected chi connectivity index (χ0v) is 13.1.